The first-order valence-corrected chi connectivity index (χ1v) is 7.20. The quantitative estimate of drug-likeness (QED) is 0.723. The van der Waals surface area contributed by atoms with E-state index in [1.165, 1.54) is 0 Å². The number of amides is 1. The highest BCUT2D eigenvalue weighted by molar-refractivity contribution is 5.82. The summed E-state index contributed by atoms with van der Waals surface area (Å²) in [5.41, 5.74) is 0. The fraction of sp³-hybridized carbons (Fsp3) is 0.857. The molecule has 2 unspecified atom stereocenters. The van der Waals surface area contributed by atoms with Crippen LogP contribution in [-0.2, 0) is 19.1 Å². The van der Waals surface area contributed by atoms with Crippen molar-refractivity contribution in [1.29, 1.82) is 0 Å². The summed E-state index contributed by atoms with van der Waals surface area (Å²) in [5, 5.41) is 0. The van der Waals surface area contributed by atoms with Crippen molar-refractivity contribution in [3.8, 4) is 0 Å². The van der Waals surface area contributed by atoms with Crippen LogP contribution in [0.15, 0.2) is 0 Å². The van der Waals surface area contributed by atoms with Gasteiger partial charge < -0.3 is 14.4 Å². The summed E-state index contributed by atoms with van der Waals surface area (Å²) >= 11 is 0. The van der Waals surface area contributed by atoms with Gasteiger partial charge in [-0.2, -0.15) is 0 Å². The molecule has 0 N–H and O–H groups in total. The van der Waals surface area contributed by atoms with Gasteiger partial charge in [-0.3, -0.25) is 9.59 Å². The minimum atomic E-state index is -0.279. The van der Waals surface area contributed by atoms with E-state index in [1.54, 1.807) is 0 Å². The van der Waals surface area contributed by atoms with E-state index in [0.717, 1.165) is 6.42 Å². The van der Waals surface area contributed by atoms with E-state index in [0.29, 0.717) is 45.1 Å². The van der Waals surface area contributed by atoms with Crippen LogP contribution in [0, 0.1) is 11.8 Å². The lowest BCUT2D eigenvalue weighted by Gasteiger charge is -2.33. The summed E-state index contributed by atoms with van der Waals surface area (Å²) in [6.07, 6.45) is 2.08. The number of nitrogens with zero attached hydrogens (tertiary/aromatic N) is 1. The molecule has 0 aliphatic carbocycles. The molecular weight excluding hydrogens is 246 g/mol. The van der Waals surface area contributed by atoms with Gasteiger partial charge in [-0.15, -0.1) is 0 Å². The van der Waals surface area contributed by atoms with Crippen LogP contribution in [0.2, 0.25) is 0 Å². The van der Waals surface area contributed by atoms with Gasteiger partial charge in [-0.1, -0.05) is 6.92 Å². The SMILES string of the molecule is CCOC(=O)C1CCN(C(=O)C2OCCC2C)CC1. The van der Waals surface area contributed by atoms with E-state index in [4.69, 9.17) is 9.47 Å². The number of likely N-dealkylation sites (tertiary alicyclic amines) is 1. The van der Waals surface area contributed by atoms with Gasteiger partial charge in [0.1, 0.15) is 6.10 Å². The highest BCUT2D eigenvalue weighted by Gasteiger charge is 2.36. The first-order valence-electron chi connectivity index (χ1n) is 7.20. The van der Waals surface area contributed by atoms with E-state index >= 15 is 0 Å². The number of hydrogen-bond acceptors (Lipinski definition) is 4. The Labute approximate surface area is 114 Å². The number of carbonyl (C=O) groups excluding carboxylic acids is 2. The molecular formula is C14H23NO4. The zero-order chi connectivity index (χ0) is 13.8. The van der Waals surface area contributed by atoms with Gasteiger partial charge in [0, 0.05) is 19.7 Å². The summed E-state index contributed by atoms with van der Waals surface area (Å²) in [6, 6.07) is 0. The van der Waals surface area contributed by atoms with Crippen molar-refractivity contribution < 1.29 is 19.1 Å². The Morgan fingerprint density at radius 3 is 2.47 bits per heavy atom. The second-order valence-corrected chi connectivity index (χ2v) is 5.41. The second-order valence-electron chi connectivity index (χ2n) is 5.41. The lowest BCUT2D eigenvalue weighted by Crippen LogP contribution is -2.46. The minimum Gasteiger partial charge on any atom is -0.466 e. The molecule has 0 aromatic carbocycles. The molecule has 2 heterocycles. The normalized spacial score (nSPS) is 28.4. The Kier molecular flexibility index (Phi) is 4.80. The van der Waals surface area contributed by atoms with Gasteiger partial charge in [0.15, 0.2) is 0 Å². The standard InChI is InChI=1S/C14H23NO4/c1-3-18-14(17)11-4-7-15(8-5-11)13(16)12-10(2)6-9-19-12/h10-12H,3-9H2,1-2H3. The molecule has 5 heteroatoms. The molecule has 2 fully saturated rings. The van der Waals surface area contributed by atoms with Gasteiger partial charge >= 0.3 is 5.97 Å². The molecule has 0 spiro atoms. The van der Waals surface area contributed by atoms with Crippen molar-refractivity contribution in [3.63, 3.8) is 0 Å². The predicted octanol–water partition coefficient (Wildman–Crippen LogP) is 1.21. The van der Waals surface area contributed by atoms with E-state index in [-0.39, 0.29) is 23.9 Å². The first kappa shape index (κ1) is 14.3. The van der Waals surface area contributed by atoms with Crippen LogP contribution in [0.1, 0.15) is 33.1 Å². The number of carbonyl (C=O) groups is 2. The van der Waals surface area contributed by atoms with Crippen LogP contribution in [0.4, 0.5) is 0 Å². The maximum absolute atomic E-state index is 12.3. The Hall–Kier alpha value is -1.10. The summed E-state index contributed by atoms with van der Waals surface area (Å²) in [4.78, 5) is 25.8. The van der Waals surface area contributed by atoms with Crippen molar-refractivity contribution in [3.05, 3.63) is 0 Å². The molecule has 108 valence electrons. The summed E-state index contributed by atoms with van der Waals surface area (Å²) < 4.78 is 10.5. The molecule has 2 atom stereocenters. The molecule has 0 aromatic rings. The number of ether oxygens (including phenoxy) is 2. The van der Waals surface area contributed by atoms with Crippen molar-refractivity contribution in [2.45, 2.75) is 39.2 Å². The fourth-order valence-corrected chi connectivity index (χ4v) is 2.79. The Morgan fingerprint density at radius 2 is 1.95 bits per heavy atom. The van der Waals surface area contributed by atoms with Crippen LogP contribution < -0.4 is 0 Å². The zero-order valence-electron chi connectivity index (χ0n) is 11.8. The molecule has 2 rings (SSSR count). The number of piperidine rings is 1. The second kappa shape index (κ2) is 6.37. The van der Waals surface area contributed by atoms with Crippen molar-refractivity contribution in [2.24, 2.45) is 11.8 Å². The van der Waals surface area contributed by atoms with E-state index in [1.807, 2.05) is 11.8 Å². The molecule has 2 aliphatic rings. The monoisotopic (exact) mass is 269 g/mol. The van der Waals surface area contributed by atoms with Gasteiger partial charge in [-0.25, -0.2) is 0 Å². The molecule has 0 bridgehead atoms. The van der Waals surface area contributed by atoms with E-state index < -0.39 is 0 Å². The highest BCUT2D eigenvalue weighted by Crippen LogP contribution is 2.25. The topological polar surface area (TPSA) is 55.8 Å². The first-order chi connectivity index (χ1) is 9.13. The molecule has 2 aliphatic heterocycles. The molecule has 0 radical (unpaired) electrons. The van der Waals surface area contributed by atoms with Crippen LogP contribution >= 0.6 is 0 Å². The molecule has 2 saturated heterocycles. The Morgan fingerprint density at radius 1 is 1.26 bits per heavy atom. The lowest BCUT2D eigenvalue weighted by atomic mass is 9.95. The third kappa shape index (κ3) is 3.26. The number of rotatable bonds is 3. The van der Waals surface area contributed by atoms with Crippen LogP contribution in [0.3, 0.4) is 0 Å². The minimum absolute atomic E-state index is 0.0501. The van der Waals surface area contributed by atoms with Crippen molar-refractivity contribution >= 4 is 11.9 Å². The Bertz CT molecular complexity index is 336. The highest BCUT2D eigenvalue weighted by atomic mass is 16.5. The third-order valence-corrected chi connectivity index (χ3v) is 4.06. The van der Waals surface area contributed by atoms with Crippen molar-refractivity contribution in [1.82, 2.24) is 4.90 Å². The molecule has 0 aromatic heterocycles. The summed E-state index contributed by atoms with van der Waals surface area (Å²) in [6.45, 7) is 6.24. The molecule has 0 saturated carbocycles. The third-order valence-electron chi connectivity index (χ3n) is 4.06. The lowest BCUT2D eigenvalue weighted by molar-refractivity contribution is -0.153. The van der Waals surface area contributed by atoms with Crippen molar-refractivity contribution in [2.75, 3.05) is 26.3 Å². The van der Waals surface area contributed by atoms with Crippen LogP contribution in [0.25, 0.3) is 0 Å². The smallest absolute Gasteiger partial charge is 0.309 e. The summed E-state index contributed by atoms with van der Waals surface area (Å²) in [7, 11) is 0. The van der Waals surface area contributed by atoms with Gasteiger partial charge in [0.2, 0.25) is 0 Å². The molecule has 5 nitrogen and oxygen atoms in total. The van der Waals surface area contributed by atoms with Crippen LogP contribution in [-0.4, -0.2) is 49.2 Å². The van der Waals surface area contributed by atoms with Crippen LogP contribution in [0.5, 0.6) is 0 Å². The predicted molar refractivity (Wildman–Crippen MR) is 69.5 cm³/mol. The zero-order valence-corrected chi connectivity index (χ0v) is 11.8. The van der Waals surface area contributed by atoms with E-state index in [2.05, 4.69) is 6.92 Å². The largest absolute Gasteiger partial charge is 0.466 e. The molecule has 19 heavy (non-hydrogen) atoms. The van der Waals surface area contributed by atoms with E-state index in [9.17, 15) is 9.59 Å². The average molecular weight is 269 g/mol. The maximum Gasteiger partial charge on any atom is 0.309 e. The summed E-state index contributed by atoms with van der Waals surface area (Å²) in [5.74, 6) is 0.216. The maximum atomic E-state index is 12.3. The number of hydrogen-bond donors (Lipinski definition) is 0. The number of esters is 1. The van der Waals surface area contributed by atoms with Gasteiger partial charge in [-0.05, 0) is 32.1 Å². The van der Waals surface area contributed by atoms with Gasteiger partial charge in [0.25, 0.3) is 5.91 Å². The molecule has 1 amide bonds. The average Bonchev–Trinajstić information content (AvgIpc) is 2.84. The Balaban J connectivity index is 1.82. The van der Waals surface area contributed by atoms with Gasteiger partial charge in [0.05, 0.1) is 12.5 Å². The fourth-order valence-electron chi connectivity index (χ4n) is 2.79.